The molecule has 0 aliphatic heterocycles. The Labute approximate surface area is 148 Å². The number of rotatable bonds is 4. The van der Waals surface area contributed by atoms with Crippen molar-refractivity contribution in [2.45, 2.75) is 18.4 Å². The Kier molecular flexibility index (Phi) is 2.89. The summed E-state index contributed by atoms with van der Waals surface area (Å²) in [6.07, 6.45) is 2.84. The van der Waals surface area contributed by atoms with Crippen molar-refractivity contribution in [3.05, 3.63) is 42.7 Å². The number of benzene rings is 1. The van der Waals surface area contributed by atoms with Gasteiger partial charge in [0.15, 0.2) is 22.6 Å². The number of carbonyl (C=O) groups is 1. The molecule has 0 bridgehead atoms. The number of nitrogens with one attached hydrogen (secondary N) is 1. The monoisotopic (exact) mass is 348 g/mol. The van der Waals surface area contributed by atoms with E-state index in [0.29, 0.717) is 29.8 Å². The largest absolute Gasteiger partial charge is 0.480 e. The molecule has 0 amide bonds. The Hall–Kier alpha value is -3.42. The number of imidazole rings is 1. The van der Waals surface area contributed by atoms with Gasteiger partial charge >= 0.3 is 5.97 Å². The van der Waals surface area contributed by atoms with Crippen LogP contribution < -0.4 is 5.32 Å². The molecule has 4 aromatic rings. The first-order valence-electron chi connectivity index (χ1n) is 8.35. The van der Waals surface area contributed by atoms with E-state index in [2.05, 4.69) is 20.4 Å². The summed E-state index contributed by atoms with van der Waals surface area (Å²) < 4.78 is 3.60. The minimum absolute atomic E-state index is 0.479. The minimum Gasteiger partial charge on any atom is -0.480 e. The first kappa shape index (κ1) is 14.9. The summed E-state index contributed by atoms with van der Waals surface area (Å²) in [6.45, 7) is 0. The molecule has 2 N–H and O–H groups in total. The predicted molar refractivity (Wildman–Crippen MR) is 95.9 cm³/mol. The lowest BCUT2D eigenvalue weighted by Gasteiger charge is -2.13. The molecule has 0 unspecified atom stereocenters. The zero-order valence-electron chi connectivity index (χ0n) is 14.0. The second-order valence-corrected chi connectivity index (χ2v) is 6.67. The van der Waals surface area contributed by atoms with E-state index in [1.54, 1.807) is 10.8 Å². The van der Waals surface area contributed by atoms with Gasteiger partial charge in [0.1, 0.15) is 5.54 Å². The van der Waals surface area contributed by atoms with Gasteiger partial charge in [0, 0.05) is 18.7 Å². The van der Waals surface area contributed by atoms with Crippen LogP contribution in [0, 0.1) is 0 Å². The maximum absolute atomic E-state index is 11.5. The molecule has 0 saturated heterocycles. The van der Waals surface area contributed by atoms with Crippen molar-refractivity contribution in [3.63, 3.8) is 0 Å². The molecule has 0 radical (unpaired) electrons. The standard InChI is InChI=1S/C18H16N6O2/c1-23-10-19-14-15(21-18(7-8-18)17(25)26)20-13-9-12(22-24(13)16(14)23)11-5-3-2-4-6-11/h2-6,9-10H,7-8H2,1H3,(H,20,21)(H,25,26). The second-order valence-electron chi connectivity index (χ2n) is 6.67. The number of anilines is 1. The zero-order chi connectivity index (χ0) is 17.9. The van der Waals surface area contributed by atoms with Crippen LogP contribution in [0.15, 0.2) is 42.7 Å². The summed E-state index contributed by atoms with van der Waals surface area (Å²) in [5, 5.41) is 17.3. The van der Waals surface area contributed by atoms with Crippen LogP contribution >= 0.6 is 0 Å². The van der Waals surface area contributed by atoms with Gasteiger partial charge < -0.3 is 15.0 Å². The van der Waals surface area contributed by atoms with Crippen LogP contribution in [0.4, 0.5) is 5.82 Å². The lowest BCUT2D eigenvalue weighted by Crippen LogP contribution is -2.32. The third-order valence-electron chi connectivity index (χ3n) is 4.83. The Morgan fingerprint density at radius 2 is 2.04 bits per heavy atom. The highest BCUT2D eigenvalue weighted by Gasteiger charge is 2.51. The molecule has 1 saturated carbocycles. The van der Waals surface area contributed by atoms with E-state index in [1.165, 1.54) is 0 Å². The molecule has 8 nitrogen and oxygen atoms in total. The molecule has 26 heavy (non-hydrogen) atoms. The van der Waals surface area contributed by atoms with Crippen LogP contribution in [-0.2, 0) is 11.8 Å². The Morgan fingerprint density at radius 1 is 1.27 bits per heavy atom. The quantitative estimate of drug-likeness (QED) is 0.587. The average molecular weight is 348 g/mol. The molecule has 1 aliphatic rings. The number of carboxylic acids is 1. The van der Waals surface area contributed by atoms with Gasteiger partial charge in [-0.05, 0) is 12.8 Å². The molecule has 130 valence electrons. The number of aromatic nitrogens is 5. The second kappa shape index (κ2) is 5.04. The van der Waals surface area contributed by atoms with Crippen molar-refractivity contribution in [1.29, 1.82) is 0 Å². The summed E-state index contributed by atoms with van der Waals surface area (Å²) in [6, 6.07) is 11.8. The fraction of sp³-hybridized carbons (Fsp3) is 0.222. The number of hydrogen-bond acceptors (Lipinski definition) is 5. The maximum atomic E-state index is 11.5. The van der Waals surface area contributed by atoms with Crippen LogP contribution in [0.1, 0.15) is 12.8 Å². The van der Waals surface area contributed by atoms with Crippen molar-refractivity contribution >= 4 is 28.6 Å². The van der Waals surface area contributed by atoms with Gasteiger partial charge in [-0.25, -0.2) is 14.8 Å². The molecule has 1 aliphatic carbocycles. The summed E-state index contributed by atoms with van der Waals surface area (Å²) in [4.78, 5) is 20.6. The molecule has 8 heteroatoms. The fourth-order valence-corrected chi connectivity index (χ4v) is 3.20. The van der Waals surface area contributed by atoms with Crippen molar-refractivity contribution in [2.75, 3.05) is 5.32 Å². The highest BCUT2D eigenvalue weighted by molar-refractivity contribution is 5.92. The van der Waals surface area contributed by atoms with Crippen molar-refractivity contribution < 1.29 is 9.90 Å². The smallest absolute Gasteiger partial charge is 0.329 e. The van der Waals surface area contributed by atoms with E-state index in [4.69, 9.17) is 0 Å². The van der Waals surface area contributed by atoms with Crippen molar-refractivity contribution in [3.8, 4) is 11.3 Å². The highest BCUT2D eigenvalue weighted by atomic mass is 16.4. The van der Waals surface area contributed by atoms with Crippen LogP contribution in [0.25, 0.3) is 28.1 Å². The van der Waals surface area contributed by atoms with E-state index in [0.717, 1.165) is 16.9 Å². The van der Waals surface area contributed by atoms with Gasteiger partial charge in [-0.2, -0.15) is 9.61 Å². The molecule has 0 atom stereocenters. The van der Waals surface area contributed by atoms with Gasteiger partial charge in [-0.1, -0.05) is 30.3 Å². The molecule has 3 heterocycles. The molecule has 3 aromatic heterocycles. The third-order valence-corrected chi connectivity index (χ3v) is 4.83. The highest BCUT2D eigenvalue weighted by Crippen LogP contribution is 2.40. The van der Waals surface area contributed by atoms with Gasteiger partial charge in [-0.3, -0.25) is 0 Å². The lowest BCUT2D eigenvalue weighted by atomic mass is 10.2. The Bertz CT molecular complexity index is 1160. The summed E-state index contributed by atoms with van der Waals surface area (Å²) in [5.41, 5.74) is 2.88. The van der Waals surface area contributed by atoms with Gasteiger partial charge in [0.05, 0.1) is 12.0 Å². The molecule has 0 spiro atoms. The minimum atomic E-state index is -0.932. The van der Waals surface area contributed by atoms with Crippen LogP contribution in [0.2, 0.25) is 0 Å². The van der Waals surface area contributed by atoms with Crippen LogP contribution in [0.5, 0.6) is 0 Å². The van der Waals surface area contributed by atoms with E-state index >= 15 is 0 Å². The summed E-state index contributed by atoms with van der Waals surface area (Å²) in [5.74, 6) is -0.380. The third kappa shape index (κ3) is 2.08. The summed E-state index contributed by atoms with van der Waals surface area (Å²) >= 11 is 0. The number of fused-ring (bicyclic) bond motifs is 3. The first-order chi connectivity index (χ1) is 12.6. The SMILES string of the molecule is Cn1cnc2c(NC3(C(=O)O)CC3)nc3cc(-c4ccccc4)nn3c21. The van der Waals surface area contributed by atoms with Crippen molar-refractivity contribution in [2.24, 2.45) is 7.05 Å². The number of carboxylic acid groups (broad SMARTS) is 1. The molecule has 1 aromatic carbocycles. The number of aryl methyl sites for hydroxylation is 1. The van der Waals surface area contributed by atoms with Crippen LogP contribution in [0.3, 0.4) is 0 Å². The van der Waals surface area contributed by atoms with Gasteiger partial charge in [-0.15, -0.1) is 0 Å². The number of hydrogen-bond donors (Lipinski definition) is 2. The molecule has 1 fully saturated rings. The first-order valence-corrected chi connectivity index (χ1v) is 8.35. The van der Waals surface area contributed by atoms with E-state index in [9.17, 15) is 9.90 Å². The average Bonchev–Trinajstić information content (AvgIpc) is 3.14. The topological polar surface area (TPSA) is 97.3 Å². The van der Waals surface area contributed by atoms with Crippen LogP contribution in [-0.4, -0.2) is 40.8 Å². The van der Waals surface area contributed by atoms with Gasteiger partial charge in [0.2, 0.25) is 0 Å². The molecule has 5 rings (SSSR count). The maximum Gasteiger partial charge on any atom is 0.329 e. The Morgan fingerprint density at radius 3 is 2.73 bits per heavy atom. The summed E-state index contributed by atoms with van der Waals surface area (Å²) in [7, 11) is 1.88. The Balaban J connectivity index is 1.72. The fourth-order valence-electron chi connectivity index (χ4n) is 3.20. The van der Waals surface area contributed by atoms with E-state index < -0.39 is 11.5 Å². The predicted octanol–water partition coefficient (Wildman–Crippen LogP) is 2.31. The van der Waals surface area contributed by atoms with Crippen molar-refractivity contribution in [1.82, 2.24) is 24.1 Å². The normalized spacial score (nSPS) is 15.4. The number of aliphatic carboxylic acids is 1. The van der Waals surface area contributed by atoms with Gasteiger partial charge in [0.25, 0.3) is 0 Å². The molecular weight excluding hydrogens is 332 g/mol. The van der Waals surface area contributed by atoms with E-state index in [-0.39, 0.29) is 0 Å². The number of nitrogens with zero attached hydrogens (tertiary/aromatic N) is 5. The zero-order valence-corrected chi connectivity index (χ0v) is 14.0. The lowest BCUT2D eigenvalue weighted by molar-refractivity contribution is -0.138. The van der Waals surface area contributed by atoms with E-state index in [1.807, 2.05) is 48.0 Å². The molecular formula is C18H16N6O2.